The van der Waals surface area contributed by atoms with Crippen molar-refractivity contribution in [2.24, 2.45) is 0 Å². The number of halogens is 1. The Hall–Kier alpha value is -2.69. The monoisotopic (exact) mass is 287 g/mol. The lowest BCUT2D eigenvalue weighted by atomic mass is 9.99. The van der Waals surface area contributed by atoms with Gasteiger partial charge in [0, 0.05) is 18.1 Å². The summed E-state index contributed by atoms with van der Waals surface area (Å²) in [6.45, 7) is 3.01. The van der Waals surface area contributed by atoms with E-state index in [9.17, 15) is 14.0 Å². The minimum Gasteiger partial charge on any atom is -0.424 e. The summed E-state index contributed by atoms with van der Waals surface area (Å²) in [4.78, 5) is 23.5. The summed E-state index contributed by atoms with van der Waals surface area (Å²) in [6, 6.07) is 8.35. The van der Waals surface area contributed by atoms with E-state index in [1.165, 1.54) is 31.2 Å². The number of esters is 1. The van der Waals surface area contributed by atoms with Gasteiger partial charge in [0.15, 0.2) is 11.5 Å². The Labute approximate surface area is 121 Å². The van der Waals surface area contributed by atoms with Crippen molar-refractivity contribution in [1.29, 1.82) is 0 Å². The first kappa shape index (κ1) is 14.7. The van der Waals surface area contributed by atoms with Gasteiger partial charge in [-0.25, -0.2) is 4.39 Å². The molecule has 0 amide bonds. The lowest BCUT2D eigenvalue weighted by Gasteiger charge is -2.11. The molecular weight excluding hydrogens is 273 g/mol. The van der Waals surface area contributed by atoms with Crippen LogP contribution < -0.4 is 10.5 Å². The summed E-state index contributed by atoms with van der Waals surface area (Å²) in [6.07, 6.45) is 0. The fraction of sp³-hybridized carbons (Fsp3) is 0.125. The molecule has 0 aliphatic heterocycles. The Morgan fingerprint density at radius 2 is 1.76 bits per heavy atom. The van der Waals surface area contributed by atoms with Gasteiger partial charge in [-0.3, -0.25) is 9.59 Å². The van der Waals surface area contributed by atoms with Crippen LogP contribution in [-0.4, -0.2) is 11.8 Å². The van der Waals surface area contributed by atoms with Gasteiger partial charge in [-0.15, -0.1) is 0 Å². The maximum Gasteiger partial charge on any atom is 0.308 e. The molecule has 2 aromatic rings. The third kappa shape index (κ3) is 3.25. The van der Waals surface area contributed by atoms with Gasteiger partial charge in [0.2, 0.25) is 0 Å². The smallest absolute Gasteiger partial charge is 0.308 e. The Morgan fingerprint density at radius 1 is 1.14 bits per heavy atom. The van der Waals surface area contributed by atoms with Crippen LogP contribution in [-0.2, 0) is 4.79 Å². The largest absolute Gasteiger partial charge is 0.424 e. The molecule has 0 saturated heterocycles. The van der Waals surface area contributed by atoms with Gasteiger partial charge >= 0.3 is 5.97 Å². The maximum atomic E-state index is 12.9. The predicted octanol–water partition coefficient (Wildman–Crippen LogP) is 2.87. The molecule has 108 valence electrons. The van der Waals surface area contributed by atoms with Crippen molar-refractivity contribution in [3.8, 4) is 5.75 Å². The average Bonchev–Trinajstić information content (AvgIpc) is 2.42. The van der Waals surface area contributed by atoms with Crippen molar-refractivity contribution in [1.82, 2.24) is 0 Å². The number of nitrogen functional groups attached to an aromatic ring is 1. The number of hydrogen-bond acceptors (Lipinski definition) is 4. The van der Waals surface area contributed by atoms with Gasteiger partial charge in [0.05, 0.1) is 5.69 Å². The summed E-state index contributed by atoms with van der Waals surface area (Å²) in [5, 5.41) is 0. The van der Waals surface area contributed by atoms with Crippen LogP contribution in [0.25, 0.3) is 0 Å². The highest BCUT2D eigenvalue weighted by molar-refractivity contribution is 6.13. The van der Waals surface area contributed by atoms with E-state index < -0.39 is 11.8 Å². The molecule has 0 aliphatic rings. The van der Waals surface area contributed by atoms with E-state index in [2.05, 4.69) is 0 Å². The number of ketones is 1. The zero-order chi connectivity index (χ0) is 15.6. The maximum absolute atomic E-state index is 12.9. The van der Waals surface area contributed by atoms with Gasteiger partial charge in [-0.05, 0) is 48.9 Å². The number of rotatable bonds is 3. The van der Waals surface area contributed by atoms with Crippen molar-refractivity contribution < 1.29 is 18.7 Å². The van der Waals surface area contributed by atoms with Crippen molar-refractivity contribution in [2.45, 2.75) is 13.8 Å². The third-order valence-electron chi connectivity index (χ3n) is 2.89. The minimum absolute atomic E-state index is 0.0881. The van der Waals surface area contributed by atoms with E-state index in [-0.39, 0.29) is 22.8 Å². The molecule has 5 heteroatoms. The molecule has 2 N–H and O–H groups in total. The summed E-state index contributed by atoms with van der Waals surface area (Å²) in [5.41, 5.74) is 7.24. The molecule has 2 aromatic carbocycles. The van der Waals surface area contributed by atoms with Crippen LogP contribution in [0.15, 0.2) is 36.4 Å². The Bertz CT molecular complexity index is 708. The standard InChI is InChI=1S/C16H14FNO3/c1-9-7-13(15(18)14(8-9)21-10(2)19)16(20)11-3-5-12(17)6-4-11/h3-8H,18H2,1-2H3. The van der Waals surface area contributed by atoms with Crippen molar-refractivity contribution in [3.05, 3.63) is 58.9 Å². The van der Waals surface area contributed by atoms with Gasteiger partial charge < -0.3 is 10.5 Å². The summed E-state index contributed by atoms with van der Waals surface area (Å²) in [7, 11) is 0. The van der Waals surface area contributed by atoms with Gasteiger partial charge in [-0.2, -0.15) is 0 Å². The van der Waals surface area contributed by atoms with E-state index in [4.69, 9.17) is 10.5 Å². The van der Waals surface area contributed by atoms with E-state index in [1.54, 1.807) is 19.1 Å². The second-order valence-electron chi connectivity index (χ2n) is 4.65. The first-order valence-corrected chi connectivity index (χ1v) is 6.27. The SMILES string of the molecule is CC(=O)Oc1cc(C)cc(C(=O)c2ccc(F)cc2)c1N. The second-order valence-corrected chi connectivity index (χ2v) is 4.65. The van der Waals surface area contributed by atoms with E-state index in [0.29, 0.717) is 5.56 Å². The van der Waals surface area contributed by atoms with E-state index in [0.717, 1.165) is 5.56 Å². The Morgan fingerprint density at radius 3 is 2.33 bits per heavy atom. The first-order valence-electron chi connectivity index (χ1n) is 6.27. The number of hydrogen-bond donors (Lipinski definition) is 1. The number of benzene rings is 2. The van der Waals surface area contributed by atoms with Crippen molar-refractivity contribution >= 4 is 17.4 Å². The second kappa shape index (κ2) is 5.75. The molecule has 0 heterocycles. The lowest BCUT2D eigenvalue weighted by molar-refractivity contribution is -0.131. The molecular formula is C16H14FNO3. The molecule has 0 radical (unpaired) electrons. The Balaban J connectivity index is 2.47. The molecule has 2 rings (SSSR count). The van der Waals surface area contributed by atoms with Crippen LogP contribution >= 0.6 is 0 Å². The fourth-order valence-corrected chi connectivity index (χ4v) is 1.95. The third-order valence-corrected chi connectivity index (χ3v) is 2.89. The topological polar surface area (TPSA) is 69.4 Å². The van der Waals surface area contributed by atoms with E-state index in [1.807, 2.05) is 0 Å². The zero-order valence-electron chi connectivity index (χ0n) is 11.6. The number of aryl methyl sites for hydroxylation is 1. The number of ether oxygens (including phenoxy) is 1. The lowest BCUT2D eigenvalue weighted by Crippen LogP contribution is -2.10. The van der Waals surface area contributed by atoms with Crippen molar-refractivity contribution in [3.63, 3.8) is 0 Å². The minimum atomic E-state index is -0.521. The fourth-order valence-electron chi connectivity index (χ4n) is 1.95. The molecule has 0 spiro atoms. The number of nitrogens with two attached hydrogens (primary N) is 1. The van der Waals surface area contributed by atoms with Gasteiger partial charge in [0.25, 0.3) is 0 Å². The first-order chi connectivity index (χ1) is 9.88. The zero-order valence-corrected chi connectivity index (χ0v) is 11.6. The predicted molar refractivity (Wildman–Crippen MR) is 76.7 cm³/mol. The number of carbonyl (C=O) groups excluding carboxylic acids is 2. The molecule has 0 aliphatic carbocycles. The summed E-state index contributed by atoms with van der Waals surface area (Å²) < 4.78 is 17.9. The van der Waals surface area contributed by atoms with Crippen LogP contribution in [0.4, 0.5) is 10.1 Å². The molecule has 0 fully saturated rings. The molecule has 21 heavy (non-hydrogen) atoms. The van der Waals surface area contributed by atoms with Crippen molar-refractivity contribution in [2.75, 3.05) is 5.73 Å². The number of carbonyl (C=O) groups is 2. The Kier molecular flexibility index (Phi) is 4.03. The normalized spacial score (nSPS) is 10.2. The average molecular weight is 287 g/mol. The molecule has 0 atom stereocenters. The summed E-state index contributed by atoms with van der Waals surface area (Å²) >= 11 is 0. The molecule has 0 bridgehead atoms. The molecule has 0 aromatic heterocycles. The highest BCUT2D eigenvalue weighted by Gasteiger charge is 2.17. The van der Waals surface area contributed by atoms with E-state index >= 15 is 0 Å². The summed E-state index contributed by atoms with van der Waals surface area (Å²) in [5.74, 6) is -1.16. The highest BCUT2D eigenvalue weighted by atomic mass is 19.1. The quantitative estimate of drug-likeness (QED) is 0.408. The highest BCUT2D eigenvalue weighted by Crippen LogP contribution is 2.29. The van der Waals surface area contributed by atoms with Crippen LogP contribution in [0.5, 0.6) is 5.75 Å². The van der Waals surface area contributed by atoms with Gasteiger partial charge in [0.1, 0.15) is 5.82 Å². The van der Waals surface area contributed by atoms with Crippen LogP contribution in [0.3, 0.4) is 0 Å². The van der Waals surface area contributed by atoms with Crippen LogP contribution in [0.1, 0.15) is 28.4 Å². The molecule has 4 nitrogen and oxygen atoms in total. The van der Waals surface area contributed by atoms with Crippen LogP contribution in [0.2, 0.25) is 0 Å². The van der Waals surface area contributed by atoms with Gasteiger partial charge in [-0.1, -0.05) is 0 Å². The molecule has 0 saturated carbocycles. The van der Waals surface area contributed by atoms with Crippen LogP contribution in [0, 0.1) is 12.7 Å². The molecule has 0 unspecified atom stereocenters. The number of anilines is 1.